The van der Waals surface area contributed by atoms with Gasteiger partial charge >= 0.3 is 0 Å². The number of benzene rings is 1. The quantitative estimate of drug-likeness (QED) is 0.350. The highest BCUT2D eigenvalue weighted by Crippen LogP contribution is 2.35. The molecule has 2 saturated heterocycles. The number of ether oxygens (including phenoxy) is 2. The molecule has 5 rings (SSSR count). The van der Waals surface area contributed by atoms with Crippen molar-refractivity contribution in [2.24, 2.45) is 5.41 Å². The zero-order valence-corrected chi connectivity index (χ0v) is 24.9. The Balaban J connectivity index is 1.29. The standard InChI is InChI=1S/C30H40F3N5O5/c1-30(2,3)7-10-37-8-5-17(6-9-37)23-13-19(35-43-23)14-24-29(41-4)27(28(40)25(16-39)42-24)38-15-22(34-36-38)18-11-20(31)26(33)21(32)12-18/h11-13,15,17,24-25,27-29,39-40H,5-10,14,16H2,1-4H3/t24-,25-,27+,28+,29+/m1/s1. The summed E-state index contributed by atoms with van der Waals surface area (Å²) in [5.41, 5.74) is 0.998. The molecule has 2 aliphatic rings. The van der Waals surface area contributed by atoms with E-state index in [-0.39, 0.29) is 23.6 Å². The zero-order chi connectivity index (χ0) is 30.9. The molecule has 0 amide bonds. The Kier molecular flexibility index (Phi) is 9.57. The predicted molar refractivity (Wildman–Crippen MR) is 150 cm³/mol. The first-order chi connectivity index (χ1) is 20.5. The molecule has 0 unspecified atom stereocenters. The molecule has 0 saturated carbocycles. The van der Waals surface area contributed by atoms with Crippen molar-refractivity contribution in [1.29, 1.82) is 0 Å². The Morgan fingerprint density at radius 2 is 1.77 bits per heavy atom. The number of hydrogen-bond acceptors (Lipinski definition) is 9. The Labute approximate surface area is 248 Å². The monoisotopic (exact) mass is 607 g/mol. The fraction of sp³-hybridized carbons (Fsp3) is 0.633. The van der Waals surface area contributed by atoms with Gasteiger partial charge in [0.05, 0.1) is 24.6 Å². The van der Waals surface area contributed by atoms with Gasteiger partial charge in [-0.15, -0.1) is 5.10 Å². The molecule has 5 atom stereocenters. The lowest BCUT2D eigenvalue weighted by atomic mass is 9.89. The summed E-state index contributed by atoms with van der Waals surface area (Å²) in [6.45, 7) is 9.39. The molecule has 236 valence electrons. The van der Waals surface area contributed by atoms with Crippen molar-refractivity contribution in [3.8, 4) is 11.3 Å². The summed E-state index contributed by atoms with van der Waals surface area (Å²) >= 11 is 0. The number of rotatable bonds is 9. The third kappa shape index (κ3) is 7.12. The van der Waals surface area contributed by atoms with Gasteiger partial charge in [0.2, 0.25) is 0 Å². The van der Waals surface area contributed by atoms with Gasteiger partial charge in [-0.3, -0.25) is 0 Å². The van der Waals surface area contributed by atoms with Gasteiger partial charge in [-0.25, -0.2) is 17.9 Å². The van der Waals surface area contributed by atoms with E-state index in [0.717, 1.165) is 56.8 Å². The minimum absolute atomic E-state index is 0.0245. The summed E-state index contributed by atoms with van der Waals surface area (Å²) in [7, 11) is 1.46. The van der Waals surface area contributed by atoms with Crippen LogP contribution < -0.4 is 0 Å². The van der Waals surface area contributed by atoms with Gasteiger partial charge in [-0.2, -0.15) is 0 Å². The molecule has 0 aliphatic carbocycles. The highest BCUT2D eigenvalue weighted by atomic mass is 19.2. The van der Waals surface area contributed by atoms with E-state index in [2.05, 4.69) is 41.1 Å². The summed E-state index contributed by atoms with van der Waals surface area (Å²) in [5, 5.41) is 33.4. The van der Waals surface area contributed by atoms with Crippen molar-refractivity contribution >= 4 is 0 Å². The zero-order valence-electron chi connectivity index (χ0n) is 24.9. The number of aliphatic hydroxyl groups is 2. The van der Waals surface area contributed by atoms with E-state index in [1.807, 2.05) is 6.07 Å². The second kappa shape index (κ2) is 13.0. The number of likely N-dealkylation sites (tertiary alicyclic amines) is 1. The molecule has 3 aromatic rings. The molecule has 2 aliphatic heterocycles. The molecule has 0 spiro atoms. The number of methoxy groups -OCH3 is 1. The molecule has 0 radical (unpaired) electrons. The van der Waals surface area contributed by atoms with Crippen LogP contribution in [0.1, 0.15) is 63.4 Å². The van der Waals surface area contributed by atoms with Gasteiger partial charge in [0, 0.05) is 31.1 Å². The van der Waals surface area contributed by atoms with Crippen molar-refractivity contribution < 1.29 is 37.4 Å². The first-order valence-corrected chi connectivity index (χ1v) is 14.7. The molecule has 1 aromatic carbocycles. The van der Waals surface area contributed by atoms with Gasteiger partial charge in [0.15, 0.2) is 17.5 Å². The minimum atomic E-state index is -1.58. The second-order valence-corrected chi connectivity index (χ2v) is 12.8. The fourth-order valence-corrected chi connectivity index (χ4v) is 5.95. The number of halogens is 3. The smallest absolute Gasteiger partial charge is 0.194 e. The molecule has 43 heavy (non-hydrogen) atoms. The van der Waals surface area contributed by atoms with Crippen molar-refractivity contribution in [2.45, 2.75) is 82.8 Å². The van der Waals surface area contributed by atoms with Gasteiger partial charge in [0.25, 0.3) is 0 Å². The van der Waals surface area contributed by atoms with Crippen molar-refractivity contribution in [1.82, 2.24) is 25.1 Å². The van der Waals surface area contributed by atoms with E-state index in [4.69, 9.17) is 14.0 Å². The van der Waals surface area contributed by atoms with Crippen molar-refractivity contribution in [3.63, 3.8) is 0 Å². The van der Waals surface area contributed by atoms with Crippen LogP contribution in [-0.4, -0.2) is 93.0 Å². The average molecular weight is 608 g/mol. The minimum Gasteiger partial charge on any atom is -0.394 e. The Bertz CT molecular complexity index is 1350. The molecular weight excluding hydrogens is 567 g/mol. The summed E-state index contributed by atoms with van der Waals surface area (Å²) < 4.78 is 60.0. The van der Waals surface area contributed by atoms with E-state index in [0.29, 0.717) is 11.1 Å². The van der Waals surface area contributed by atoms with Gasteiger partial charge in [-0.1, -0.05) is 31.1 Å². The van der Waals surface area contributed by atoms with Gasteiger partial charge in [-0.05, 0) is 56.4 Å². The molecule has 0 bridgehead atoms. The maximum atomic E-state index is 13.8. The topological polar surface area (TPSA) is 119 Å². The lowest BCUT2D eigenvalue weighted by Crippen LogP contribution is -2.57. The van der Waals surface area contributed by atoms with Crippen LogP contribution in [0, 0.1) is 22.9 Å². The van der Waals surface area contributed by atoms with E-state index < -0.39 is 54.5 Å². The van der Waals surface area contributed by atoms with Gasteiger partial charge < -0.3 is 29.1 Å². The van der Waals surface area contributed by atoms with Crippen LogP contribution in [0.2, 0.25) is 0 Å². The number of piperidine rings is 1. The van der Waals surface area contributed by atoms with Crippen LogP contribution in [0.15, 0.2) is 28.9 Å². The van der Waals surface area contributed by atoms with E-state index >= 15 is 0 Å². The number of hydrogen-bond donors (Lipinski definition) is 2. The van der Waals surface area contributed by atoms with E-state index in [1.54, 1.807) is 0 Å². The van der Waals surface area contributed by atoms with E-state index in [9.17, 15) is 23.4 Å². The first kappa shape index (κ1) is 31.6. The number of aromatic nitrogens is 4. The molecule has 2 N–H and O–H groups in total. The maximum Gasteiger partial charge on any atom is 0.194 e. The van der Waals surface area contributed by atoms with Crippen LogP contribution in [0.25, 0.3) is 11.3 Å². The number of nitrogens with zero attached hydrogens (tertiary/aromatic N) is 5. The third-order valence-corrected chi connectivity index (χ3v) is 8.49. The molecular formula is C30H40F3N5O5. The molecule has 2 fully saturated rings. The lowest BCUT2D eigenvalue weighted by molar-refractivity contribution is -0.212. The average Bonchev–Trinajstić information content (AvgIpc) is 3.65. The molecule has 2 aromatic heterocycles. The third-order valence-electron chi connectivity index (χ3n) is 8.49. The van der Waals surface area contributed by atoms with Crippen LogP contribution in [0.4, 0.5) is 13.2 Å². The predicted octanol–water partition coefficient (Wildman–Crippen LogP) is 3.89. The summed E-state index contributed by atoms with van der Waals surface area (Å²) in [4.78, 5) is 2.50. The summed E-state index contributed by atoms with van der Waals surface area (Å²) in [5.74, 6) is -3.20. The molecule has 10 nitrogen and oxygen atoms in total. The Morgan fingerprint density at radius 1 is 1.07 bits per heavy atom. The maximum absolute atomic E-state index is 13.8. The van der Waals surface area contributed by atoms with Crippen LogP contribution in [-0.2, 0) is 15.9 Å². The van der Waals surface area contributed by atoms with Crippen molar-refractivity contribution in [2.75, 3.05) is 33.4 Å². The summed E-state index contributed by atoms with van der Waals surface area (Å²) in [6.07, 6.45) is 1.13. The summed E-state index contributed by atoms with van der Waals surface area (Å²) in [6, 6.07) is 2.70. The van der Waals surface area contributed by atoms with E-state index in [1.165, 1.54) is 18.0 Å². The van der Waals surface area contributed by atoms with Crippen LogP contribution in [0.3, 0.4) is 0 Å². The second-order valence-electron chi connectivity index (χ2n) is 12.8. The van der Waals surface area contributed by atoms with Crippen LogP contribution >= 0.6 is 0 Å². The Hall–Kier alpha value is -2.84. The van der Waals surface area contributed by atoms with Crippen LogP contribution in [0.5, 0.6) is 0 Å². The molecule has 13 heteroatoms. The fourth-order valence-electron chi connectivity index (χ4n) is 5.95. The molecule has 4 heterocycles. The Morgan fingerprint density at radius 3 is 2.40 bits per heavy atom. The van der Waals surface area contributed by atoms with Gasteiger partial charge in [0.1, 0.15) is 35.8 Å². The van der Waals surface area contributed by atoms with Crippen molar-refractivity contribution in [3.05, 3.63) is 53.3 Å². The highest BCUT2D eigenvalue weighted by Gasteiger charge is 2.47. The highest BCUT2D eigenvalue weighted by molar-refractivity contribution is 5.57. The lowest BCUT2D eigenvalue weighted by Gasteiger charge is -2.43. The SMILES string of the molecule is CO[C@@H]1[C@@H](n2cc(-c3cc(F)c(F)c(F)c3)nn2)[C@@H](O)[C@@H](CO)O[C@@H]1Cc1cc(C2CCN(CCC(C)(C)C)CC2)on1. The number of aliphatic hydroxyl groups excluding tert-OH is 2. The first-order valence-electron chi connectivity index (χ1n) is 14.7. The normalized spacial score (nSPS) is 25.8. The largest absolute Gasteiger partial charge is 0.394 e.